The predicted octanol–water partition coefficient (Wildman–Crippen LogP) is 3.11. The van der Waals surface area contributed by atoms with Gasteiger partial charge in [0.2, 0.25) is 0 Å². The van der Waals surface area contributed by atoms with Gasteiger partial charge in [0.15, 0.2) is 6.10 Å². The Bertz CT molecular complexity index is 689. The number of carbonyl (C=O) groups excluding carboxylic acids is 2. The highest BCUT2D eigenvalue weighted by atomic mass is 32.1. The Morgan fingerprint density at radius 3 is 2.78 bits per heavy atom. The number of nitrogens with one attached hydrogen (secondary N) is 1. The van der Waals surface area contributed by atoms with Crippen LogP contribution in [0.3, 0.4) is 0 Å². The number of rotatable bonds is 6. The van der Waals surface area contributed by atoms with Crippen LogP contribution in [0, 0.1) is 0 Å². The van der Waals surface area contributed by atoms with E-state index in [0.717, 1.165) is 5.56 Å². The van der Waals surface area contributed by atoms with E-state index in [-0.39, 0.29) is 6.04 Å². The number of aromatic nitrogens is 2. The first-order chi connectivity index (χ1) is 11.0. The quantitative estimate of drug-likeness (QED) is 0.651. The molecule has 6 nitrogen and oxygen atoms in total. The molecule has 0 aliphatic rings. The summed E-state index contributed by atoms with van der Waals surface area (Å²) < 4.78 is 6.78. The van der Waals surface area contributed by atoms with Crippen molar-refractivity contribution in [2.75, 3.05) is 5.32 Å². The maximum Gasteiger partial charge on any atom is 0.331 e. The molecular formula is C16H19N3O3S. The molecule has 2 aromatic heterocycles. The van der Waals surface area contributed by atoms with E-state index in [1.807, 2.05) is 30.7 Å². The number of anilines is 1. The second kappa shape index (κ2) is 7.73. The Hall–Kier alpha value is -2.41. The molecule has 2 heterocycles. The lowest BCUT2D eigenvalue weighted by Gasteiger charge is -2.15. The molecule has 2 rings (SSSR count). The minimum Gasteiger partial charge on any atom is -0.449 e. The van der Waals surface area contributed by atoms with Crippen LogP contribution >= 0.6 is 11.3 Å². The third-order valence-electron chi connectivity index (χ3n) is 3.03. The zero-order valence-electron chi connectivity index (χ0n) is 13.2. The Labute approximate surface area is 138 Å². The monoisotopic (exact) mass is 333 g/mol. The molecule has 2 aromatic rings. The van der Waals surface area contributed by atoms with Crippen LogP contribution in [0.5, 0.6) is 0 Å². The fraction of sp³-hybridized carbons (Fsp3) is 0.312. The SMILES string of the molecule is CC(C)n1nccc1NC(=O)[C@@H](C)OC(=O)/C=C/c1ccsc1. The van der Waals surface area contributed by atoms with Crippen molar-refractivity contribution in [3.63, 3.8) is 0 Å². The summed E-state index contributed by atoms with van der Waals surface area (Å²) in [6, 6.07) is 3.70. The first-order valence-electron chi connectivity index (χ1n) is 7.22. The van der Waals surface area contributed by atoms with E-state index in [0.29, 0.717) is 5.82 Å². The first kappa shape index (κ1) is 17.0. The van der Waals surface area contributed by atoms with Crippen molar-refractivity contribution in [2.45, 2.75) is 32.9 Å². The zero-order chi connectivity index (χ0) is 16.8. The topological polar surface area (TPSA) is 73.2 Å². The van der Waals surface area contributed by atoms with E-state index in [1.54, 1.807) is 34.4 Å². The van der Waals surface area contributed by atoms with Crippen LogP contribution in [0.4, 0.5) is 5.82 Å². The van der Waals surface area contributed by atoms with Crippen molar-refractivity contribution in [2.24, 2.45) is 0 Å². The Morgan fingerprint density at radius 1 is 1.35 bits per heavy atom. The van der Waals surface area contributed by atoms with E-state index in [1.165, 1.54) is 13.0 Å². The van der Waals surface area contributed by atoms with Gasteiger partial charge in [0, 0.05) is 18.2 Å². The van der Waals surface area contributed by atoms with E-state index in [2.05, 4.69) is 10.4 Å². The lowest BCUT2D eigenvalue weighted by atomic mass is 10.3. The number of thiophene rings is 1. The molecule has 0 saturated heterocycles. The van der Waals surface area contributed by atoms with Crippen molar-refractivity contribution < 1.29 is 14.3 Å². The first-order valence-corrected chi connectivity index (χ1v) is 8.17. The van der Waals surface area contributed by atoms with Crippen LogP contribution in [0.2, 0.25) is 0 Å². The number of nitrogens with zero attached hydrogens (tertiary/aromatic N) is 2. The molecule has 0 radical (unpaired) electrons. The molecular weight excluding hydrogens is 314 g/mol. The van der Waals surface area contributed by atoms with E-state index in [9.17, 15) is 9.59 Å². The van der Waals surface area contributed by atoms with Crippen LogP contribution in [0.1, 0.15) is 32.4 Å². The molecule has 0 aliphatic carbocycles. The molecule has 0 aliphatic heterocycles. The molecule has 0 unspecified atom stereocenters. The molecule has 0 spiro atoms. The van der Waals surface area contributed by atoms with E-state index in [4.69, 9.17) is 4.74 Å². The molecule has 0 bridgehead atoms. The maximum absolute atomic E-state index is 12.1. The molecule has 23 heavy (non-hydrogen) atoms. The number of amides is 1. The number of carbonyl (C=O) groups is 2. The second-order valence-corrected chi connectivity index (χ2v) is 5.99. The lowest BCUT2D eigenvalue weighted by Crippen LogP contribution is -2.30. The highest BCUT2D eigenvalue weighted by Crippen LogP contribution is 2.14. The molecule has 0 fully saturated rings. The smallest absolute Gasteiger partial charge is 0.331 e. The lowest BCUT2D eigenvalue weighted by molar-refractivity contribution is -0.148. The van der Waals surface area contributed by atoms with Crippen molar-refractivity contribution in [3.05, 3.63) is 40.7 Å². The molecule has 1 N–H and O–H groups in total. The second-order valence-electron chi connectivity index (χ2n) is 5.21. The largest absolute Gasteiger partial charge is 0.449 e. The summed E-state index contributed by atoms with van der Waals surface area (Å²) in [5, 5.41) is 10.7. The van der Waals surface area contributed by atoms with Crippen molar-refractivity contribution in [1.29, 1.82) is 0 Å². The summed E-state index contributed by atoms with van der Waals surface area (Å²) in [7, 11) is 0. The van der Waals surface area contributed by atoms with Crippen LogP contribution in [0.15, 0.2) is 35.2 Å². The Balaban J connectivity index is 1.89. The van der Waals surface area contributed by atoms with Gasteiger partial charge in [-0.3, -0.25) is 4.79 Å². The maximum atomic E-state index is 12.1. The molecule has 0 aromatic carbocycles. The van der Waals surface area contributed by atoms with Crippen LogP contribution < -0.4 is 5.32 Å². The molecule has 7 heteroatoms. The van der Waals surface area contributed by atoms with Gasteiger partial charge in [0.05, 0.1) is 6.20 Å². The van der Waals surface area contributed by atoms with Gasteiger partial charge in [-0.25, -0.2) is 9.48 Å². The van der Waals surface area contributed by atoms with Crippen molar-refractivity contribution in [1.82, 2.24) is 9.78 Å². The Morgan fingerprint density at radius 2 is 2.13 bits per heavy atom. The van der Waals surface area contributed by atoms with E-state index >= 15 is 0 Å². The molecule has 122 valence electrons. The van der Waals surface area contributed by atoms with Gasteiger partial charge in [-0.2, -0.15) is 16.4 Å². The van der Waals surface area contributed by atoms with Gasteiger partial charge in [-0.1, -0.05) is 0 Å². The van der Waals surface area contributed by atoms with Crippen molar-refractivity contribution >= 4 is 35.1 Å². The van der Waals surface area contributed by atoms with Gasteiger partial charge < -0.3 is 10.1 Å². The van der Waals surface area contributed by atoms with Gasteiger partial charge in [-0.15, -0.1) is 0 Å². The predicted molar refractivity (Wildman–Crippen MR) is 90.1 cm³/mol. The van der Waals surface area contributed by atoms with Crippen LogP contribution in [0.25, 0.3) is 6.08 Å². The minimum atomic E-state index is -0.898. The van der Waals surface area contributed by atoms with Crippen molar-refractivity contribution in [3.8, 4) is 0 Å². The van der Waals surface area contributed by atoms with E-state index < -0.39 is 18.0 Å². The standard InChI is InChI=1S/C16H19N3O3S/c1-11(2)19-14(6-8-17-19)18-16(21)12(3)22-15(20)5-4-13-7-9-23-10-13/h4-12H,1-3H3,(H,18,21)/b5-4+/t12-/m1/s1. The summed E-state index contributed by atoms with van der Waals surface area (Å²) in [6.07, 6.45) is 3.67. The molecule has 1 amide bonds. The highest BCUT2D eigenvalue weighted by molar-refractivity contribution is 7.08. The number of esters is 1. The summed E-state index contributed by atoms with van der Waals surface area (Å²) in [6.45, 7) is 5.45. The third-order valence-corrected chi connectivity index (χ3v) is 3.73. The number of hydrogen-bond acceptors (Lipinski definition) is 5. The van der Waals surface area contributed by atoms with Crippen LogP contribution in [-0.2, 0) is 14.3 Å². The Kier molecular flexibility index (Phi) is 5.70. The highest BCUT2D eigenvalue weighted by Gasteiger charge is 2.18. The van der Waals surface area contributed by atoms with Gasteiger partial charge in [-0.05, 0) is 49.2 Å². The normalized spacial score (nSPS) is 12.5. The van der Waals surface area contributed by atoms with Gasteiger partial charge in [0.25, 0.3) is 5.91 Å². The van der Waals surface area contributed by atoms with Gasteiger partial charge in [0.1, 0.15) is 5.82 Å². The third kappa shape index (κ3) is 4.79. The fourth-order valence-corrected chi connectivity index (χ4v) is 2.48. The minimum absolute atomic E-state index is 0.117. The summed E-state index contributed by atoms with van der Waals surface area (Å²) in [4.78, 5) is 23.8. The fourth-order valence-electron chi connectivity index (χ4n) is 1.85. The number of hydrogen-bond donors (Lipinski definition) is 1. The zero-order valence-corrected chi connectivity index (χ0v) is 14.0. The van der Waals surface area contributed by atoms with Gasteiger partial charge >= 0.3 is 5.97 Å². The number of ether oxygens (including phenoxy) is 1. The molecule has 0 saturated carbocycles. The average molecular weight is 333 g/mol. The summed E-state index contributed by atoms with van der Waals surface area (Å²) in [5.41, 5.74) is 0.921. The average Bonchev–Trinajstić information content (AvgIpc) is 3.16. The van der Waals surface area contributed by atoms with Crippen LogP contribution in [-0.4, -0.2) is 27.8 Å². The summed E-state index contributed by atoms with van der Waals surface area (Å²) >= 11 is 1.54. The molecule has 1 atom stereocenters. The summed E-state index contributed by atoms with van der Waals surface area (Å²) in [5.74, 6) is -0.386.